The van der Waals surface area contributed by atoms with Crippen molar-refractivity contribution >= 4 is 11.3 Å². The van der Waals surface area contributed by atoms with E-state index in [1.807, 2.05) is 6.92 Å². The van der Waals surface area contributed by atoms with Crippen LogP contribution in [0.5, 0.6) is 0 Å². The Labute approximate surface area is 96.4 Å². The highest BCUT2D eigenvalue weighted by molar-refractivity contribution is 7.10. The van der Waals surface area contributed by atoms with Gasteiger partial charge >= 0.3 is 0 Å². The summed E-state index contributed by atoms with van der Waals surface area (Å²) in [6.45, 7) is 7.03. The zero-order valence-corrected chi connectivity index (χ0v) is 10.6. The van der Waals surface area contributed by atoms with Crippen molar-refractivity contribution < 1.29 is 4.74 Å². The third kappa shape index (κ3) is 3.59. The van der Waals surface area contributed by atoms with E-state index in [2.05, 4.69) is 25.3 Å². The summed E-state index contributed by atoms with van der Waals surface area (Å²) in [6, 6.07) is 2.19. The molecule has 1 aromatic rings. The Morgan fingerprint density at radius 2 is 2.20 bits per heavy atom. The van der Waals surface area contributed by atoms with Gasteiger partial charge in [-0.05, 0) is 37.3 Å². The number of aryl methyl sites for hydroxylation is 1. The molecule has 1 heterocycles. The van der Waals surface area contributed by atoms with Crippen LogP contribution in [0.1, 0.15) is 43.2 Å². The summed E-state index contributed by atoms with van der Waals surface area (Å²) in [5.74, 6) is 0. The highest BCUT2D eigenvalue weighted by Crippen LogP contribution is 2.24. The van der Waals surface area contributed by atoms with Crippen LogP contribution in [0.3, 0.4) is 0 Å². The minimum atomic E-state index is 0.0230. The van der Waals surface area contributed by atoms with Crippen molar-refractivity contribution in [3.05, 3.63) is 21.9 Å². The first-order chi connectivity index (χ1) is 7.19. The van der Waals surface area contributed by atoms with Crippen LogP contribution in [0.2, 0.25) is 0 Å². The molecule has 15 heavy (non-hydrogen) atoms. The highest BCUT2D eigenvalue weighted by Gasteiger charge is 2.19. The van der Waals surface area contributed by atoms with Gasteiger partial charge in [-0.25, -0.2) is 0 Å². The number of ether oxygens (including phenoxy) is 1. The van der Waals surface area contributed by atoms with E-state index >= 15 is 0 Å². The van der Waals surface area contributed by atoms with Gasteiger partial charge in [-0.3, -0.25) is 0 Å². The Kier molecular flexibility index (Phi) is 5.29. The van der Waals surface area contributed by atoms with Crippen molar-refractivity contribution in [1.82, 2.24) is 0 Å². The topological polar surface area (TPSA) is 35.2 Å². The first-order valence-corrected chi connectivity index (χ1v) is 6.49. The summed E-state index contributed by atoms with van der Waals surface area (Å²) in [5, 5.41) is 2.14. The average molecular weight is 227 g/mol. The van der Waals surface area contributed by atoms with E-state index in [-0.39, 0.29) is 12.1 Å². The smallest absolute Gasteiger partial charge is 0.0767 e. The standard InChI is InChI=1S/C12H21NOS/c1-4-6-11(14-5-2)12(13)10-7-9(3)15-8-10/h7-8,11-12H,4-6,13H2,1-3H3. The molecular formula is C12H21NOS. The van der Waals surface area contributed by atoms with Gasteiger partial charge in [0.1, 0.15) is 0 Å². The molecule has 0 aliphatic carbocycles. The van der Waals surface area contributed by atoms with Gasteiger partial charge in [0, 0.05) is 11.5 Å². The lowest BCUT2D eigenvalue weighted by molar-refractivity contribution is 0.0375. The second-order valence-corrected chi connectivity index (χ2v) is 4.91. The molecule has 1 aromatic heterocycles. The molecule has 0 radical (unpaired) electrons. The van der Waals surface area contributed by atoms with E-state index in [0.29, 0.717) is 0 Å². The molecular weight excluding hydrogens is 206 g/mol. The van der Waals surface area contributed by atoms with Gasteiger partial charge in [-0.2, -0.15) is 0 Å². The van der Waals surface area contributed by atoms with E-state index in [4.69, 9.17) is 10.5 Å². The minimum absolute atomic E-state index is 0.0230. The summed E-state index contributed by atoms with van der Waals surface area (Å²) >= 11 is 1.75. The molecule has 2 atom stereocenters. The van der Waals surface area contributed by atoms with E-state index < -0.39 is 0 Å². The van der Waals surface area contributed by atoms with Crippen LogP contribution >= 0.6 is 11.3 Å². The lowest BCUT2D eigenvalue weighted by atomic mass is 10.0. The summed E-state index contributed by atoms with van der Waals surface area (Å²) in [6.07, 6.45) is 2.31. The Balaban J connectivity index is 2.66. The fraction of sp³-hybridized carbons (Fsp3) is 0.667. The first kappa shape index (κ1) is 12.7. The number of hydrogen-bond donors (Lipinski definition) is 1. The molecule has 0 aromatic carbocycles. The number of rotatable bonds is 6. The Morgan fingerprint density at radius 1 is 1.47 bits per heavy atom. The van der Waals surface area contributed by atoms with Crippen molar-refractivity contribution in [3.8, 4) is 0 Å². The zero-order valence-electron chi connectivity index (χ0n) is 9.82. The second-order valence-electron chi connectivity index (χ2n) is 3.80. The van der Waals surface area contributed by atoms with E-state index in [0.717, 1.165) is 19.4 Å². The van der Waals surface area contributed by atoms with Crippen LogP contribution in [0.25, 0.3) is 0 Å². The molecule has 2 nitrogen and oxygen atoms in total. The average Bonchev–Trinajstić information content (AvgIpc) is 2.63. The largest absolute Gasteiger partial charge is 0.377 e. The maximum atomic E-state index is 6.21. The normalized spacial score (nSPS) is 15.2. The van der Waals surface area contributed by atoms with Crippen LogP contribution in [-0.4, -0.2) is 12.7 Å². The predicted molar refractivity (Wildman–Crippen MR) is 66.3 cm³/mol. The van der Waals surface area contributed by atoms with Crippen molar-refractivity contribution in [2.75, 3.05) is 6.61 Å². The molecule has 0 fully saturated rings. The van der Waals surface area contributed by atoms with Crippen molar-refractivity contribution in [3.63, 3.8) is 0 Å². The molecule has 0 bridgehead atoms. The molecule has 0 aliphatic rings. The van der Waals surface area contributed by atoms with Crippen LogP contribution in [-0.2, 0) is 4.74 Å². The summed E-state index contributed by atoms with van der Waals surface area (Å²) in [5.41, 5.74) is 7.42. The Hall–Kier alpha value is -0.380. The predicted octanol–water partition coefficient (Wildman–Crippen LogP) is 3.26. The fourth-order valence-corrected chi connectivity index (χ4v) is 2.47. The van der Waals surface area contributed by atoms with Crippen molar-refractivity contribution in [1.29, 1.82) is 0 Å². The van der Waals surface area contributed by atoms with Crippen LogP contribution in [0, 0.1) is 6.92 Å². The van der Waals surface area contributed by atoms with Gasteiger partial charge < -0.3 is 10.5 Å². The molecule has 3 heteroatoms. The molecule has 0 aliphatic heterocycles. The van der Waals surface area contributed by atoms with Gasteiger partial charge in [0.2, 0.25) is 0 Å². The highest BCUT2D eigenvalue weighted by atomic mass is 32.1. The molecule has 0 saturated heterocycles. The number of nitrogens with two attached hydrogens (primary N) is 1. The summed E-state index contributed by atoms with van der Waals surface area (Å²) in [4.78, 5) is 1.31. The van der Waals surface area contributed by atoms with Gasteiger partial charge in [-0.15, -0.1) is 11.3 Å². The maximum absolute atomic E-state index is 6.21. The monoisotopic (exact) mass is 227 g/mol. The molecule has 0 spiro atoms. The Bertz CT molecular complexity index is 279. The van der Waals surface area contributed by atoms with E-state index in [1.54, 1.807) is 11.3 Å². The third-order valence-electron chi connectivity index (χ3n) is 2.49. The van der Waals surface area contributed by atoms with Gasteiger partial charge in [0.15, 0.2) is 0 Å². The molecule has 0 saturated carbocycles. The molecule has 0 amide bonds. The summed E-state index contributed by atoms with van der Waals surface area (Å²) < 4.78 is 5.69. The van der Waals surface area contributed by atoms with Crippen molar-refractivity contribution in [2.24, 2.45) is 5.73 Å². The fourth-order valence-electron chi connectivity index (χ4n) is 1.72. The second kappa shape index (κ2) is 6.26. The molecule has 2 N–H and O–H groups in total. The van der Waals surface area contributed by atoms with Gasteiger partial charge in [0.05, 0.1) is 12.1 Å². The Morgan fingerprint density at radius 3 is 2.67 bits per heavy atom. The molecule has 2 unspecified atom stereocenters. The van der Waals surface area contributed by atoms with Crippen molar-refractivity contribution in [2.45, 2.75) is 45.8 Å². The maximum Gasteiger partial charge on any atom is 0.0767 e. The zero-order chi connectivity index (χ0) is 11.3. The first-order valence-electron chi connectivity index (χ1n) is 5.61. The van der Waals surface area contributed by atoms with E-state index in [1.165, 1.54) is 10.4 Å². The quantitative estimate of drug-likeness (QED) is 0.809. The van der Waals surface area contributed by atoms with Crippen LogP contribution in [0.4, 0.5) is 0 Å². The molecule has 86 valence electrons. The molecule has 1 rings (SSSR count). The van der Waals surface area contributed by atoms with Gasteiger partial charge in [0.25, 0.3) is 0 Å². The van der Waals surface area contributed by atoms with E-state index in [9.17, 15) is 0 Å². The van der Waals surface area contributed by atoms with Crippen LogP contribution in [0.15, 0.2) is 11.4 Å². The summed E-state index contributed by atoms with van der Waals surface area (Å²) in [7, 11) is 0. The lowest BCUT2D eigenvalue weighted by Crippen LogP contribution is -2.28. The third-order valence-corrected chi connectivity index (χ3v) is 3.37. The number of hydrogen-bond acceptors (Lipinski definition) is 3. The van der Waals surface area contributed by atoms with Crippen LogP contribution < -0.4 is 5.73 Å². The van der Waals surface area contributed by atoms with Gasteiger partial charge in [-0.1, -0.05) is 13.3 Å². The number of thiophene rings is 1. The SMILES string of the molecule is CCCC(OCC)C(N)c1csc(C)c1. The lowest BCUT2D eigenvalue weighted by Gasteiger charge is -2.22. The minimum Gasteiger partial charge on any atom is -0.377 e.